The molecule has 0 spiro atoms. The van der Waals surface area contributed by atoms with Gasteiger partial charge in [-0.2, -0.15) is 0 Å². The largest absolute Gasteiger partial charge is 0.369 e. The van der Waals surface area contributed by atoms with E-state index in [0.717, 1.165) is 23.3 Å². The number of aromatic nitrogens is 1. The van der Waals surface area contributed by atoms with Crippen LogP contribution in [0.3, 0.4) is 0 Å². The number of hydrogen-bond acceptors (Lipinski definition) is 3. The zero-order valence-corrected chi connectivity index (χ0v) is 12.5. The first kappa shape index (κ1) is 14.0. The molecular formula is C15H18BrN3. The fourth-order valence-electron chi connectivity index (χ4n) is 1.88. The van der Waals surface area contributed by atoms with E-state index in [1.165, 1.54) is 11.1 Å². The predicted octanol–water partition coefficient (Wildman–Crippen LogP) is 3.65. The molecule has 1 atom stereocenters. The lowest BCUT2D eigenvalue weighted by molar-refractivity contribution is 0.674. The summed E-state index contributed by atoms with van der Waals surface area (Å²) in [5, 5.41) is 3.32. The van der Waals surface area contributed by atoms with Gasteiger partial charge < -0.3 is 11.1 Å². The van der Waals surface area contributed by atoms with Gasteiger partial charge >= 0.3 is 0 Å². The van der Waals surface area contributed by atoms with Gasteiger partial charge in [-0.1, -0.05) is 30.3 Å². The Hall–Kier alpha value is -1.39. The summed E-state index contributed by atoms with van der Waals surface area (Å²) in [6.45, 7) is 2.85. The van der Waals surface area contributed by atoms with Crippen molar-refractivity contribution in [1.29, 1.82) is 0 Å². The van der Waals surface area contributed by atoms with Crippen molar-refractivity contribution >= 4 is 21.7 Å². The monoisotopic (exact) mass is 319 g/mol. The molecule has 0 amide bonds. The Morgan fingerprint density at radius 1 is 1.26 bits per heavy atom. The van der Waals surface area contributed by atoms with E-state index in [1.54, 1.807) is 6.20 Å². The minimum atomic E-state index is 0.0530. The average Bonchev–Trinajstić information content (AvgIpc) is 2.44. The summed E-state index contributed by atoms with van der Waals surface area (Å²) in [6.07, 6.45) is 2.67. The van der Waals surface area contributed by atoms with Gasteiger partial charge in [0.05, 0.1) is 4.47 Å². The van der Waals surface area contributed by atoms with Crippen LogP contribution in [0.15, 0.2) is 47.1 Å². The van der Waals surface area contributed by atoms with Crippen molar-refractivity contribution in [3.05, 3.63) is 58.2 Å². The van der Waals surface area contributed by atoms with Gasteiger partial charge in [-0.25, -0.2) is 4.98 Å². The quantitative estimate of drug-likeness (QED) is 0.884. The van der Waals surface area contributed by atoms with Crippen molar-refractivity contribution in [2.75, 3.05) is 11.9 Å². The summed E-state index contributed by atoms with van der Waals surface area (Å²) in [5.74, 6) is 0.875. The fourth-order valence-corrected chi connectivity index (χ4v) is 2.25. The molecule has 0 saturated heterocycles. The van der Waals surface area contributed by atoms with Crippen molar-refractivity contribution in [1.82, 2.24) is 4.98 Å². The zero-order valence-electron chi connectivity index (χ0n) is 10.9. The highest BCUT2D eigenvalue weighted by Crippen LogP contribution is 2.23. The maximum atomic E-state index is 6.15. The van der Waals surface area contributed by atoms with Crippen LogP contribution in [0.2, 0.25) is 0 Å². The van der Waals surface area contributed by atoms with E-state index in [0.29, 0.717) is 0 Å². The van der Waals surface area contributed by atoms with E-state index in [-0.39, 0.29) is 6.04 Å². The molecule has 1 heterocycles. The van der Waals surface area contributed by atoms with Crippen LogP contribution in [0, 0.1) is 6.92 Å². The lowest BCUT2D eigenvalue weighted by Crippen LogP contribution is -2.15. The maximum Gasteiger partial charge on any atom is 0.140 e. The predicted molar refractivity (Wildman–Crippen MR) is 83.2 cm³/mol. The minimum absolute atomic E-state index is 0.0530. The van der Waals surface area contributed by atoms with Crippen molar-refractivity contribution in [2.45, 2.75) is 19.4 Å². The van der Waals surface area contributed by atoms with E-state index < -0.39 is 0 Å². The van der Waals surface area contributed by atoms with Crippen LogP contribution in [0.4, 0.5) is 5.82 Å². The van der Waals surface area contributed by atoms with Gasteiger partial charge in [0.25, 0.3) is 0 Å². The number of nitrogens with one attached hydrogen (secondary N) is 1. The molecule has 0 aliphatic heterocycles. The highest BCUT2D eigenvalue weighted by molar-refractivity contribution is 9.10. The number of halogens is 1. The molecule has 100 valence electrons. The minimum Gasteiger partial charge on any atom is -0.369 e. The topological polar surface area (TPSA) is 50.9 Å². The maximum absolute atomic E-state index is 6.15. The molecule has 2 aromatic rings. The molecule has 0 saturated carbocycles. The molecule has 4 heteroatoms. The number of pyridine rings is 1. The summed E-state index contributed by atoms with van der Waals surface area (Å²) < 4.78 is 1.02. The van der Waals surface area contributed by atoms with Crippen molar-refractivity contribution in [3.63, 3.8) is 0 Å². The lowest BCUT2D eigenvalue weighted by atomic mass is 10.1. The number of aryl methyl sites for hydroxylation is 1. The summed E-state index contributed by atoms with van der Waals surface area (Å²) in [5.41, 5.74) is 8.49. The molecule has 2 rings (SSSR count). The normalized spacial score (nSPS) is 12.2. The molecule has 3 nitrogen and oxygen atoms in total. The summed E-state index contributed by atoms with van der Waals surface area (Å²) in [6, 6.07) is 12.2. The first-order valence-corrected chi connectivity index (χ1v) is 7.13. The highest BCUT2D eigenvalue weighted by atomic mass is 79.9. The molecule has 1 aromatic carbocycles. The van der Waals surface area contributed by atoms with E-state index >= 15 is 0 Å². The first-order chi connectivity index (χ1) is 9.18. The molecule has 0 radical (unpaired) electrons. The van der Waals surface area contributed by atoms with E-state index in [2.05, 4.69) is 38.4 Å². The third-order valence-electron chi connectivity index (χ3n) is 3.06. The van der Waals surface area contributed by atoms with Crippen LogP contribution in [0.25, 0.3) is 0 Å². The lowest BCUT2D eigenvalue weighted by Gasteiger charge is -2.13. The molecule has 0 fully saturated rings. The Kier molecular flexibility index (Phi) is 4.93. The summed E-state index contributed by atoms with van der Waals surface area (Å²) in [7, 11) is 0. The summed E-state index contributed by atoms with van der Waals surface area (Å²) in [4.78, 5) is 4.31. The van der Waals surface area contributed by atoms with Crippen molar-refractivity contribution in [3.8, 4) is 0 Å². The zero-order chi connectivity index (χ0) is 13.7. The summed E-state index contributed by atoms with van der Waals surface area (Å²) >= 11 is 3.54. The van der Waals surface area contributed by atoms with Crippen molar-refractivity contribution < 1.29 is 0 Å². The van der Waals surface area contributed by atoms with Crippen LogP contribution in [0.5, 0.6) is 0 Å². The molecule has 1 unspecified atom stereocenters. The smallest absolute Gasteiger partial charge is 0.140 e. The Morgan fingerprint density at radius 3 is 2.74 bits per heavy atom. The molecule has 19 heavy (non-hydrogen) atoms. The van der Waals surface area contributed by atoms with Gasteiger partial charge in [-0.05, 0) is 46.5 Å². The molecule has 0 bridgehead atoms. The van der Waals surface area contributed by atoms with Crippen LogP contribution in [-0.2, 0) is 0 Å². The SMILES string of the molecule is Cc1ccnc(NCCC(N)c2ccccc2)c1Br. The van der Waals surface area contributed by atoms with Crippen LogP contribution in [-0.4, -0.2) is 11.5 Å². The Labute approximate surface area is 122 Å². The van der Waals surface area contributed by atoms with E-state index in [4.69, 9.17) is 5.73 Å². The van der Waals surface area contributed by atoms with Gasteiger partial charge in [0.2, 0.25) is 0 Å². The van der Waals surface area contributed by atoms with Gasteiger partial charge in [0.15, 0.2) is 0 Å². The van der Waals surface area contributed by atoms with E-state index in [9.17, 15) is 0 Å². The molecule has 0 aliphatic rings. The third-order valence-corrected chi connectivity index (χ3v) is 4.06. The van der Waals surface area contributed by atoms with Gasteiger partial charge in [0, 0.05) is 18.8 Å². The first-order valence-electron chi connectivity index (χ1n) is 6.34. The van der Waals surface area contributed by atoms with E-state index in [1.807, 2.05) is 31.2 Å². The number of nitrogens with two attached hydrogens (primary N) is 1. The third kappa shape index (κ3) is 3.78. The average molecular weight is 320 g/mol. The van der Waals surface area contributed by atoms with Crippen LogP contribution in [0.1, 0.15) is 23.6 Å². The van der Waals surface area contributed by atoms with Crippen LogP contribution < -0.4 is 11.1 Å². The van der Waals surface area contributed by atoms with Crippen LogP contribution >= 0.6 is 15.9 Å². The van der Waals surface area contributed by atoms with Gasteiger partial charge in [-0.3, -0.25) is 0 Å². The van der Waals surface area contributed by atoms with Crippen molar-refractivity contribution in [2.24, 2.45) is 5.73 Å². The molecular weight excluding hydrogens is 302 g/mol. The number of hydrogen-bond donors (Lipinski definition) is 2. The number of anilines is 1. The Bertz CT molecular complexity index is 528. The molecule has 0 aliphatic carbocycles. The second kappa shape index (κ2) is 6.68. The van der Waals surface area contributed by atoms with Gasteiger partial charge in [-0.15, -0.1) is 0 Å². The number of rotatable bonds is 5. The number of nitrogens with zero attached hydrogens (tertiary/aromatic N) is 1. The molecule has 3 N–H and O–H groups in total. The Balaban J connectivity index is 1.88. The van der Waals surface area contributed by atoms with Gasteiger partial charge in [0.1, 0.15) is 5.82 Å². The second-order valence-corrected chi connectivity index (χ2v) is 5.32. The molecule has 1 aromatic heterocycles. The fraction of sp³-hybridized carbons (Fsp3) is 0.267. The standard InChI is InChI=1S/C15H18BrN3/c1-11-7-9-18-15(14(11)16)19-10-8-13(17)12-5-3-2-4-6-12/h2-7,9,13H,8,10,17H2,1H3,(H,18,19). The second-order valence-electron chi connectivity index (χ2n) is 4.52. The number of benzene rings is 1. The highest BCUT2D eigenvalue weighted by Gasteiger charge is 2.07. The Morgan fingerprint density at radius 2 is 2.00 bits per heavy atom.